The summed E-state index contributed by atoms with van der Waals surface area (Å²) in [6.07, 6.45) is 5.67. The first-order valence-corrected chi connectivity index (χ1v) is 14.4. The summed E-state index contributed by atoms with van der Waals surface area (Å²) in [6, 6.07) is 2.36. The van der Waals surface area contributed by atoms with Crippen LogP contribution in [0.25, 0.3) is 0 Å². The van der Waals surface area contributed by atoms with Gasteiger partial charge in [-0.25, -0.2) is 0 Å². The highest BCUT2D eigenvalue weighted by Crippen LogP contribution is 2.41. The molecule has 0 aromatic carbocycles. The first-order chi connectivity index (χ1) is 10.5. The van der Waals surface area contributed by atoms with Crippen LogP contribution in [0.5, 0.6) is 0 Å². The summed E-state index contributed by atoms with van der Waals surface area (Å²) >= 11 is 0. The van der Waals surface area contributed by atoms with Crippen LogP contribution in [-0.2, 0) is 8.85 Å². The van der Waals surface area contributed by atoms with Crippen LogP contribution < -0.4 is 0 Å². The number of nitriles is 1. The van der Waals surface area contributed by atoms with Crippen molar-refractivity contribution in [3.8, 4) is 6.07 Å². The first-order valence-electron chi connectivity index (χ1n) is 8.61. The smallest absolute Gasteiger partial charge is 0.249 e. The van der Waals surface area contributed by atoms with Crippen LogP contribution in [-0.4, -0.2) is 22.2 Å². The minimum absolute atomic E-state index is 0.0321. The number of hydrogen-bond acceptors (Lipinski definition) is 3. The van der Waals surface area contributed by atoms with E-state index in [0.717, 1.165) is 0 Å². The van der Waals surface area contributed by atoms with E-state index in [0.29, 0.717) is 6.42 Å². The van der Waals surface area contributed by atoms with Gasteiger partial charge in [0.2, 0.25) is 8.32 Å². The van der Waals surface area contributed by atoms with Crippen molar-refractivity contribution in [1.29, 1.82) is 5.26 Å². The normalized spacial score (nSPS) is 16.5. The number of hydrogen-bond donors (Lipinski definition) is 0. The zero-order valence-corrected chi connectivity index (χ0v) is 19.4. The molecule has 24 heavy (non-hydrogen) atoms. The second-order valence-corrected chi connectivity index (χ2v) is 19.0. The molecule has 0 aromatic rings. The molecule has 1 unspecified atom stereocenters. The van der Waals surface area contributed by atoms with E-state index in [9.17, 15) is 5.26 Å². The van der Waals surface area contributed by atoms with E-state index in [-0.39, 0.29) is 10.1 Å². The molecule has 0 saturated heterocycles. The molecular weight excluding hydrogens is 330 g/mol. The summed E-state index contributed by atoms with van der Waals surface area (Å²) < 4.78 is 12.5. The summed E-state index contributed by atoms with van der Waals surface area (Å²) in [5.41, 5.74) is -1.01. The van der Waals surface area contributed by atoms with Crippen LogP contribution in [0.3, 0.4) is 0 Å². The van der Waals surface area contributed by atoms with Crippen LogP contribution in [0.1, 0.15) is 48.0 Å². The standard InChI is InChI=1S/C19H37NO2Si2/c1-12-13-19(16-20,22-24(10,11)18(5,6)7)14-15-21-23(8,9)17(2,3)4/h12,14-15H,1,13H2,2-11H3/b15-14-. The molecule has 0 spiro atoms. The summed E-state index contributed by atoms with van der Waals surface area (Å²) in [5.74, 6) is 0. The molecule has 0 aromatic heterocycles. The Morgan fingerprint density at radius 1 is 0.958 bits per heavy atom. The lowest BCUT2D eigenvalue weighted by molar-refractivity contribution is 0.159. The average molecular weight is 368 g/mol. The van der Waals surface area contributed by atoms with Gasteiger partial charge in [0.1, 0.15) is 6.07 Å². The minimum atomic E-state index is -2.10. The van der Waals surface area contributed by atoms with Gasteiger partial charge in [0, 0.05) is 6.42 Å². The molecule has 1 atom stereocenters. The summed E-state index contributed by atoms with van der Waals surface area (Å²) in [5, 5.41) is 9.98. The lowest BCUT2D eigenvalue weighted by atomic mass is 10.0. The molecule has 0 bridgehead atoms. The molecule has 0 heterocycles. The second kappa shape index (κ2) is 7.59. The van der Waals surface area contributed by atoms with Crippen molar-refractivity contribution in [2.75, 3.05) is 0 Å². The molecule has 0 radical (unpaired) electrons. The predicted octanol–water partition coefficient (Wildman–Crippen LogP) is 6.38. The maximum atomic E-state index is 9.83. The third kappa shape index (κ3) is 5.91. The predicted molar refractivity (Wildman–Crippen MR) is 109 cm³/mol. The van der Waals surface area contributed by atoms with E-state index in [1.165, 1.54) is 0 Å². The molecule has 138 valence electrons. The number of nitrogens with zero attached hydrogens (tertiary/aromatic N) is 1. The number of rotatable bonds is 7. The summed E-state index contributed by atoms with van der Waals surface area (Å²) in [6.45, 7) is 25.6. The molecular formula is C19H37NO2Si2. The van der Waals surface area contributed by atoms with Crippen molar-refractivity contribution in [3.05, 3.63) is 25.0 Å². The van der Waals surface area contributed by atoms with Crippen LogP contribution in [0.4, 0.5) is 0 Å². The Morgan fingerprint density at radius 2 is 1.42 bits per heavy atom. The zero-order valence-electron chi connectivity index (χ0n) is 17.4. The van der Waals surface area contributed by atoms with Crippen molar-refractivity contribution in [2.45, 2.75) is 89.8 Å². The Bertz CT molecular complexity index is 505. The first kappa shape index (κ1) is 23.2. The van der Waals surface area contributed by atoms with Gasteiger partial charge in [-0.15, -0.1) is 6.58 Å². The topological polar surface area (TPSA) is 42.2 Å². The van der Waals surface area contributed by atoms with Gasteiger partial charge in [0.25, 0.3) is 0 Å². The molecule has 0 saturated carbocycles. The van der Waals surface area contributed by atoms with Gasteiger partial charge in [-0.3, -0.25) is 0 Å². The van der Waals surface area contributed by atoms with E-state index in [4.69, 9.17) is 8.85 Å². The summed E-state index contributed by atoms with van der Waals surface area (Å²) in [7, 11) is -4.00. The van der Waals surface area contributed by atoms with Crippen molar-refractivity contribution >= 4 is 16.6 Å². The average Bonchev–Trinajstić information content (AvgIpc) is 2.35. The Kier molecular flexibility index (Phi) is 7.33. The quantitative estimate of drug-likeness (QED) is 0.298. The Morgan fingerprint density at radius 3 is 1.75 bits per heavy atom. The van der Waals surface area contributed by atoms with Gasteiger partial charge in [-0.2, -0.15) is 5.26 Å². The third-order valence-corrected chi connectivity index (χ3v) is 14.2. The van der Waals surface area contributed by atoms with Crippen LogP contribution >= 0.6 is 0 Å². The van der Waals surface area contributed by atoms with Gasteiger partial charge < -0.3 is 8.85 Å². The van der Waals surface area contributed by atoms with Crippen molar-refractivity contribution in [2.24, 2.45) is 0 Å². The van der Waals surface area contributed by atoms with Crippen LogP contribution in [0, 0.1) is 11.3 Å². The maximum Gasteiger partial charge on any atom is 0.249 e. The van der Waals surface area contributed by atoms with Crippen LogP contribution in [0.15, 0.2) is 25.0 Å². The SMILES string of the molecule is C=CCC(C#N)(/C=C\O[Si](C)(C)C(C)(C)C)O[Si](C)(C)C(C)(C)C. The van der Waals surface area contributed by atoms with E-state index < -0.39 is 22.2 Å². The van der Waals surface area contributed by atoms with Crippen LogP contribution in [0.2, 0.25) is 36.3 Å². The Labute approximate surface area is 152 Å². The van der Waals surface area contributed by atoms with Crippen molar-refractivity contribution < 1.29 is 8.85 Å². The summed E-state index contributed by atoms with van der Waals surface area (Å²) in [4.78, 5) is 0. The lowest BCUT2D eigenvalue weighted by Crippen LogP contribution is -2.48. The van der Waals surface area contributed by atoms with Gasteiger partial charge >= 0.3 is 0 Å². The molecule has 0 fully saturated rings. The minimum Gasteiger partial charge on any atom is -0.549 e. The van der Waals surface area contributed by atoms with E-state index in [2.05, 4.69) is 80.4 Å². The largest absolute Gasteiger partial charge is 0.549 e. The van der Waals surface area contributed by atoms with Gasteiger partial charge in [-0.05, 0) is 42.3 Å². The van der Waals surface area contributed by atoms with E-state index in [1.807, 2.05) is 0 Å². The molecule has 0 N–H and O–H groups in total. The van der Waals surface area contributed by atoms with E-state index >= 15 is 0 Å². The molecule has 5 heteroatoms. The zero-order chi connectivity index (χ0) is 19.4. The Hall–Kier alpha value is -0.836. The molecule has 0 aliphatic heterocycles. The molecule has 0 aliphatic rings. The molecule has 0 aliphatic carbocycles. The van der Waals surface area contributed by atoms with Gasteiger partial charge in [0.05, 0.1) is 6.26 Å². The lowest BCUT2D eigenvalue weighted by Gasteiger charge is -2.41. The fourth-order valence-electron chi connectivity index (χ4n) is 1.56. The fourth-order valence-corrected chi connectivity index (χ4v) is 3.74. The molecule has 0 amide bonds. The maximum absolute atomic E-state index is 9.83. The second-order valence-electron chi connectivity index (χ2n) is 9.54. The molecule has 0 rings (SSSR count). The van der Waals surface area contributed by atoms with E-state index in [1.54, 1.807) is 18.4 Å². The molecule has 3 nitrogen and oxygen atoms in total. The van der Waals surface area contributed by atoms with Gasteiger partial charge in [-0.1, -0.05) is 47.6 Å². The highest BCUT2D eigenvalue weighted by Gasteiger charge is 2.44. The Balaban J connectivity index is 5.54. The highest BCUT2D eigenvalue weighted by molar-refractivity contribution is 6.74. The van der Waals surface area contributed by atoms with Crippen molar-refractivity contribution in [1.82, 2.24) is 0 Å². The third-order valence-electron chi connectivity index (χ3n) is 5.39. The monoisotopic (exact) mass is 367 g/mol. The highest BCUT2D eigenvalue weighted by atomic mass is 28.4. The fraction of sp³-hybridized carbons (Fsp3) is 0.737. The van der Waals surface area contributed by atoms with Gasteiger partial charge in [0.15, 0.2) is 13.9 Å². The van der Waals surface area contributed by atoms with Crippen molar-refractivity contribution in [3.63, 3.8) is 0 Å².